The van der Waals surface area contributed by atoms with Crippen LogP contribution in [0.25, 0.3) is 56.2 Å². The lowest BCUT2D eigenvalue weighted by Gasteiger charge is -2.06. The fraction of sp³-hybridized carbons (Fsp3) is 0.0833. The lowest BCUT2D eigenvalue weighted by atomic mass is 10.1. The number of hydrogen-bond acceptors (Lipinski definition) is 10. The van der Waals surface area contributed by atoms with Gasteiger partial charge in [-0.1, -0.05) is 36.4 Å². The third kappa shape index (κ3) is 6.09. The minimum absolute atomic E-state index is 0.342. The summed E-state index contributed by atoms with van der Waals surface area (Å²) in [5.74, 6) is 2.72. The van der Waals surface area contributed by atoms with Gasteiger partial charge < -0.3 is 5.73 Å². The predicted octanol–water partition coefficient (Wildman–Crippen LogP) is 5.70. The molecule has 8 aromatic rings. The van der Waals surface area contributed by atoms with E-state index in [4.69, 9.17) is 11.0 Å². The summed E-state index contributed by atoms with van der Waals surface area (Å²) in [4.78, 5) is 26.4. The second-order valence-electron chi connectivity index (χ2n) is 10.9. The average molecular weight is 629 g/mol. The lowest BCUT2D eigenvalue weighted by Crippen LogP contribution is -2.02. The Labute approximate surface area is 275 Å². The molecule has 12 nitrogen and oxygen atoms in total. The maximum absolute atomic E-state index is 9.00. The number of fused-ring (bicyclic) bond motifs is 2. The molecule has 232 valence electrons. The van der Waals surface area contributed by atoms with Crippen molar-refractivity contribution >= 4 is 21.8 Å². The number of nitrogens with zero attached hydrogens (tertiary/aromatic N) is 11. The van der Waals surface area contributed by atoms with Crippen LogP contribution >= 0.6 is 0 Å². The summed E-state index contributed by atoms with van der Waals surface area (Å²) >= 11 is 0. The molecule has 2 aromatic carbocycles. The molecule has 0 radical (unpaired) electrons. The molecule has 0 amide bonds. The molecule has 6 aromatic heterocycles. The van der Waals surface area contributed by atoms with Crippen LogP contribution in [0.1, 0.15) is 22.8 Å². The molecule has 0 unspecified atom stereocenters. The van der Waals surface area contributed by atoms with E-state index in [1.807, 2.05) is 110 Å². The Balaban J connectivity index is 0.000000152. The quantitative estimate of drug-likeness (QED) is 0.250. The van der Waals surface area contributed by atoms with Crippen molar-refractivity contribution in [3.63, 3.8) is 0 Å². The van der Waals surface area contributed by atoms with Crippen LogP contribution in [0.3, 0.4) is 0 Å². The molecule has 0 bridgehead atoms. The van der Waals surface area contributed by atoms with Gasteiger partial charge in [0.05, 0.1) is 29.1 Å². The van der Waals surface area contributed by atoms with Crippen molar-refractivity contribution in [2.45, 2.75) is 20.4 Å². The molecule has 8 rings (SSSR count). The number of hydrogen-bond donors (Lipinski definition) is 1. The number of aromatic nitrogens is 10. The number of nitriles is 1. The Morgan fingerprint density at radius 2 is 1.19 bits per heavy atom. The zero-order valence-electron chi connectivity index (χ0n) is 26.1. The van der Waals surface area contributed by atoms with Crippen molar-refractivity contribution in [3.8, 4) is 40.5 Å². The highest BCUT2D eigenvalue weighted by atomic mass is 15.3. The summed E-state index contributed by atoms with van der Waals surface area (Å²) in [6, 6.07) is 29.0. The smallest absolute Gasteiger partial charge is 0.160 e. The van der Waals surface area contributed by atoms with Gasteiger partial charge in [-0.15, -0.1) is 0 Å². The van der Waals surface area contributed by atoms with Gasteiger partial charge in [-0.25, -0.2) is 39.3 Å². The SMILES string of the molecule is Cc1cccc(-n2ncc3ccc(-c4nccc(C#N)n4)cc32)n1.Cc1cccc(-n2ncc3ccc(-c4nccc(CN)n4)cc32)n1. The first kappa shape index (κ1) is 30.0. The largest absolute Gasteiger partial charge is 0.325 e. The van der Waals surface area contributed by atoms with Crippen LogP contribution in [-0.2, 0) is 6.54 Å². The molecule has 12 heteroatoms. The summed E-state index contributed by atoms with van der Waals surface area (Å²) in [7, 11) is 0. The van der Waals surface area contributed by atoms with Gasteiger partial charge in [0.1, 0.15) is 11.8 Å². The van der Waals surface area contributed by atoms with Gasteiger partial charge in [0.25, 0.3) is 0 Å². The second kappa shape index (κ2) is 13.0. The van der Waals surface area contributed by atoms with Gasteiger partial charge >= 0.3 is 0 Å². The molecular formula is C36H28N12. The molecule has 0 aliphatic heterocycles. The highest BCUT2D eigenvalue weighted by Crippen LogP contribution is 2.25. The molecule has 0 saturated heterocycles. The van der Waals surface area contributed by atoms with E-state index in [2.05, 4.69) is 40.1 Å². The van der Waals surface area contributed by atoms with E-state index < -0.39 is 0 Å². The third-order valence-corrected chi connectivity index (χ3v) is 7.53. The first-order chi connectivity index (χ1) is 23.5. The Bertz CT molecular complexity index is 2450. The minimum atomic E-state index is 0.342. The van der Waals surface area contributed by atoms with Gasteiger partial charge in [-0.05, 0) is 62.4 Å². The summed E-state index contributed by atoms with van der Waals surface area (Å²) in [5, 5.41) is 19.9. The van der Waals surface area contributed by atoms with Crippen LogP contribution in [0.15, 0.2) is 110 Å². The number of aryl methyl sites for hydroxylation is 2. The monoisotopic (exact) mass is 628 g/mol. The summed E-state index contributed by atoms with van der Waals surface area (Å²) in [5.41, 5.74) is 12.3. The van der Waals surface area contributed by atoms with Crippen LogP contribution in [0.4, 0.5) is 0 Å². The minimum Gasteiger partial charge on any atom is -0.325 e. The molecule has 0 spiro atoms. The normalized spacial score (nSPS) is 10.9. The van der Waals surface area contributed by atoms with Crippen molar-refractivity contribution in [1.82, 2.24) is 49.5 Å². The van der Waals surface area contributed by atoms with E-state index in [9.17, 15) is 0 Å². The first-order valence-electron chi connectivity index (χ1n) is 15.1. The first-order valence-corrected chi connectivity index (χ1v) is 15.1. The molecule has 0 atom stereocenters. The molecule has 2 N–H and O–H groups in total. The average Bonchev–Trinajstić information content (AvgIpc) is 3.76. The Morgan fingerprint density at radius 3 is 1.71 bits per heavy atom. The molecule has 0 saturated carbocycles. The zero-order valence-corrected chi connectivity index (χ0v) is 26.1. The van der Waals surface area contributed by atoms with Gasteiger partial charge in [-0.2, -0.15) is 15.5 Å². The van der Waals surface area contributed by atoms with E-state index in [-0.39, 0.29) is 0 Å². The Kier molecular flexibility index (Phi) is 8.09. The highest BCUT2D eigenvalue weighted by molar-refractivity contribution is 5.85. The fourth-order valence-corrected chi connectivity index (χ4v) is 5.18. The maximum atomic E-state index is 9.00. The van der Waals surface area contributed by atoms with Gasteiger partial charge in [0.15, 0.2) is 23.3 Å². The van der Waals surface area contributed by atoms with Crippen molar-refractivity contribution in [2.24, 2.45) is 5.73 Å². The van der Waals surface area contributed by atoms with Crippen LogP contribution < -0.4 is 5.73 Å². The Hall–Kier alpha value is -6.71. The van der Waals surface area contributed by atoms with E-state index in [0.717, 1.165) is 61.7 Å². The number of rotatable bonds is 5. The van der Waals surface area contributed by atoms with E-state index in [1.165, 1.54) is 0 Å². The van der Waals surface area contributed by atoms with Gasteiger partial charge in [0, 0.05) is 52.2 Å². The summed E-state index contributed by atoms with van der Waals surface area (Å²) in [6.45, 7) is 4.30. The summed E-state index contributed by atoms with van der Waals surface area (Å²) < 4.78 is 3.62. The highest BCUT2D eigenvalue weighted by Gasteiger charge is 2.11. The fourth-order valence-electron chi connectivity index (χ4n) is 5.18. The third-order valence-electron chi connectivity index (χ3n) is 7.53. The van der Waals surface area contributed by atoms with E-state index >= 15 is 0 Å². The number of pyridine rings is 2. The Morgan fingerprint density at radius 1 is 0.646 bits per heavy atom. The van der Waals surface area contributed by atoms with E-state index in [0.29, 0.717) is 23.9 Å². The zero-order chi connectivity index (χ0) is 33.0. The van der Waals surface area contributed by atoms with Crippen LogP contribution in [0.2, 0.25) is 0 Å². The predicted molar refractivity (Wildman–Crippen MR) is 182 cm³/mol. The number of benzene rings is 2. The van der Waals surface area contributed by atoms with E-state index in [1.54, 1.807) is 29.3 Å². The molecule has 0 aliphatic rings. The van der Waals surface area contributed by atoms with Crippen LogP contribution in [0, 0.1) is 25.2 Å². The van der Waals surface area contributed by atoms with Gasteiger partial charge in [0.2, 0.25) is 0 Å². The summed E-state index contributed by atoms with van der Waals surface area (Å²) in [6.07, 6.45) is 6.95. The maximum Gasteiger partial charge on any atom is 0.160 e. The van der Waals surface area contributed by atoms with Crippen molar-refractivity contribution in [2.75, 3.05) is 0 Å². The molecular weight excluding hydrogens is 600 g/mol. The van der Waals surface area contributed by atoms with Crippen LogP contribution in [0.5, 0.6) is 0 Å². The van der Waals surface area contributed by atoms with Crippen molar-refractivity contribution in [1.29, 1.82) is 5.26 Å². The lowest BCUT2D eigenvalue weighted by molar-refractivity contribution is 0.867. The molecule has 48 heavy (non-hydrogen) atoms. The standard InChI is InChI=1S/C18H16N6.C18H12N6/c2*1-12-3-2-4-17(22-12)24-16-9-13(5-6-14(16)11-21-24)18-20-8-7-15(10-19)23-18/h2-9,11H,10,19H2,1H3;2-9,11H,1H3. The molecule has 0 fully saturated rings. The topological polar surface area (TPSA) is 163 Å². The second-order valence-corrected chi connectivity index (χ2v) is 10.9. The van der Waals surface area contributed by atoms with Gasteiger partial charge in [-0.3, -0.25) is 0 Å². The van der Waals surface area contributed by atoms with Crippen molar-refractivity contribution in [3.05, 3.63) is 132 Å². The number of nitrogens with two attached hydrogens (primary N) is 1. The van der Waals surface area contributed by atoms with Crippen LogP contribution in [-0.4, -0.2) is 49.5 Å². The van der Waals surface area contributed by atoms with Crippen molar-refractivity contribution < 1.29 is 0 Å². The molecule has 6 heterocycles. The molecule has 0 aliphatic carbocycles.